The van der Waals surface area contributed by atoms with Gasteiger partial charge in [0.25, 0.3) is 0 Å². The number of hydrogen-bond donors (Lipinski definition) is 3. The molecule has 5 heteroatoms. The van der Waals surface area contributed by atoms with Crippen LogP contribution in [0.4, 0.5) is 0 Å². The Morgan fingerprint density at radius 1 is 1.26 bits per heavy atom. The molecule has 1 aromatic carbocycles. The minimum Gasteiger partial charge on any atom is -0.507 e. The predicted molar refractivity (Wildman–Crippen MR) is 82.1 cm³/mol. The van der Waals surface area contributed by atoms with E-state index in [0.717, 1.165) is 6.42 Å². The summed E-state index contributed by atoms with van der Waals surface area (Å²) in [5.41, 5.74) is 7.18. The SMILES string of the molecule is Cc1cc(Cl)cc([C@H](N)[C@H](O)CCC(C)C)c1O.Cl. The first-order valence-electron chi connectivity index (χ1n) is 6.25. The fourth-order valence-corrected chi connectivity index (χ4v) is 2.19. The van der Waals surface area contributed by atoms with Crippen molar-refractivity contribution in [2.24, 2.45) is 11.7 Å². The molecule has 0 saturated heterocycles. The van der Waals surface area contributed by atoms with E-state index < -0.39 is 12.1 Å². The topological polar surface area (TPSA) is 66.5 Å². The van der Waals surface area contributed by atoms with Crippen molar-refractivity contribution in [3.05, 3.63) is 28.3 Å². The van der Waals surface area contributed by atoms with Gasteiger partial charge in [-0.3, -0.25) is 0 Å². The average Bonchev–Trinajstić information content (AvgIpc) is 2.29. The number of phenols is 1. The van der Waals surface area contributed by atoms with Gasteiger partial charge in [-0.05, 0) is 43.4 Å². The summed E-state index contributed by atoms with van der Waals surface area (Å²) < 4.78 is 0. The zero-order valence-electron chi connectivity index (χ0n) is 11.6. The third kappa shape index (κ3) is 5.19. The molecule has 0 spiro atoms. The number of aryl methyl sites for hydroxylation is 1. The number of aliphatic hydroxyl groups excluding tert-OH is 1. The summed E-state index contributed by atoms with van der Waals surface area (Å²) in [6.45, 7) is 5.95. The zero-order valence-corrected chi connectivity index (χ0v) is 13.1. The quantitative estimate of drug-likeness (QED) is 0.779. The minimum absolute atomic E-state index is 0. The second kappa shape index (κ2) is 7.95. The number of aliphatic hydroxyl groups is 1. The molecule has 0 bridgehead atoms. The van der Waals surface area contributed by atoms with Gasteiger partial charge < -0.3 is 15.9 Å². The van der Waals surface area contributed by atoms with Crippen molar-refractivity contribution in [1.29, 1.82) is 0 Å². The number of nitrogens with two attached hydrogens (primary N) is 1. The monoisotopic (exact) mass is 307 g/mol. The van der Waals surface area contributed by atoms with Crippen LogP contribution in [0.3, 0.4) is 0 Å². The molecule has 0 aromatic heterocycles. The molecule has 3 nitrogen and oxygen atoms in total. The third-order valence-corrected chi connectivity index (χ3v) is 3.33. The van der Waals surface area contributed by atoms with Crippen molar-refractivity contribution in [1.82, 2.24) is 0 Å². The van der Waals surface area contributed by atoms with Crippen LogP contribution in [0.2, 0.25) is 5.02 Å². The Kier molecular flexibility index (Phi) is 7.75. The molecular formula is C14H23Cl2NO2. The van der Waals surface area contributed by atoms with E-state index >= 15 is 0 Å². The van der Waals surface area contributed by atoms with Crippen LogP contribution >= 0.6 is 24.0 Å². The maximum atomic E-state index is 10.0. The maximum Gasteiger partial charge on any atom is 0.123 e. The van der Waals surface area contributed by atoms with Gasteiger partial charge in [0.05, 0.1) is 12.1 Å². The fraction of sp³-hybridized carbons (Fsp3) is 0.571. The fourth-order valence-electron chi connectivity index (χ4n) is 1.91. The van der Waals surface area contributed by atoms with Gasteiger partial charge in [-0.1, -0.05) is 25.4 Å². The lowest BCUT2D eigenvalue weighted by Gasteiger charge is -2.21. The lowest BCUT2D eigenvalue weighted by molar-refractivity contribution is 0.127. The molecule has 0 radical (unpaired) electrons. The molecule has 1 rings (SSSR count). The molecule has 0 aliphatic heterocycles. The molecule has 0 unspecified atom stereocenters. The van der Waals surface area contributed by atoms with Gasteiger partial charge in [0.15, 0.2) is 0 Å². The molecule has 0 aliphatic carbocycles. The number of halogens is 2. The molecule has 0 saturated carbocycles. The zero-order chi connectivity index (χ0) is 13.9. The number of phenolic OH excluding ortho intramolecular Hbond substituents is 1. The Hall–Kier alpha value is -0.480. The van der Waals surface area contributed by atoms with E-state index in [1.807, 2.05) is 0 Å². The van der Waals surface area contributed by atoms with Gasteiger partial charge in [-0.25, -0.2) is 0 Å². The summed E-state index contributed by atoms with van der Waals surface area (Å²) in [4.78, 5) is 0. The lowest BCUT2D eigenvalue weighted by Crippen LogP contribution is -2.26. The van der Waals surface area contributed by atoms with Crippen LogP contribution in [0.15, 0.2) is 12.1 Å². The summed E-state index contributed by atoms with van der Waals surface area (Å²) in [5.74, 6) is 0.636. The van der Waals surface area contributed by atoms with Crippen LogP contribution in [0.1, 0.15) is 43.9 Å². The highest BCUT2D eigenvalue weighted by Crippen LogP contribution is 2.32. The number of hydrogen-bond acceptors (Lipinski definition) is 3. The predicted octanol–water partition coefficient (Wildman–Crippen LogP) is 3.57. The molecule has 4 N–H and O–H groups in total. The van der Waals surface area contributed by atoms with E-state index in [1.54, 1.807) is 19.1 Å². The molecule has 0 amide bonds. The number of aromatic hydroxyl groups is 1. The molecule has 0 fully saturated rings. The van der Waals surface area contributed by atoms with Crippen molar-refractivity contribution in [3.63, 3.8) is 0 Å². The average molecular weight is 308 g/mol. The maximum absolute atomic E-state index is 10.0. The van der Waals surface area contributed by atoms with Gasteiger partial charge in [0, 0.05) is 10.6 Å². The van der Waals surface area contributed by atoms with Gasteiger partial charge in [0.1, 0.15) is 5.75 Å². The molecule has 19 heavy (non-hydrogen) atoms. The molecule has 1 aromatic rings. The highest BCUT2D eigenvalue weighted by atomic mass is 35.5. The van der Waals surface area contributed by atoms with E-state index in [9.17, 15) is 10.2 Å². The van der Waals surface area contributed by atoms with Gasteiger partial charge in [-0.15, -0.1) is 12.4 Å². The van der Waals surface area contributed by atoms with Crippen molar-refractivity contribution in [2.75, 3.05) is 0 Å². The van der Waals surface area contributed by atoms with Gasteiger partial charge in [-0.2, -0.15) is 0 Å². The minimum atomic E-state index is -0.670. The smallest absolute Gasteiger partial charge is 0.123 e. The van der Waals surface area contributed by atoms with Crippen molar-refractivity contribution in [2.45, 2.75) is 45.8 Å². The molecular weight excluding hydrogens is 285 g/mol. The van der Waals surface area contributed by atoms with Crippen LogP contribution in [-0.4, -0.2) is 16.3 Å². The largest absolute Gasteiger partial charge is 0.507 e. The van der Waals surface area contributed by atoms with Crippen molar-refractivity contribution in [3.8, 4) is 5.75 Å². The standard InChI is InChI=1S/C14H22ClNO2.ClH/c1-8(2)4-5-12(17)13(16)11-7-10(15)6-9(3)14(11)18;/h6-8,12-13,17-18H,4-5,16H2,1-3H3;1H/t12-,13+;/m1./s1. The van der Waals surface area contributed by atoms with Gasteiger partial charge >= 0.3 is 0 Å². The first kappa shape index (κ1) is 18.5. The Labute approximate surface area is 126 Å². The normalized spacial score (nSPS) is 14.1. The summed E-state index contributed by atoms with van der Waals surface area (Å²) in [6.07, 6.45) is 0.843. The Morgan fingerprint density at radius 2 is 1.84 bits per heavy atom. The Morgan fingerprint density at radius 3 is 2.37 bits per heavy atom. The highest BCUT2D eigenvalue weighted by Gasteiger charge is 2.21. The number of rotatable bonds is 5. The summed E-state index contributed by atoms with van der Waals surface area (Å²) >= 11 is 5.95. The second-order valence-corrected chi connectivity index (χ2v) is 5.66. The van der Waals surface area contributed by atoms with Crippen molar-refractivity contribution < 1.29 is 10.2 Å². The van der Waals surface area contributed by atoms with E-state index in [2.05, 4.69) is 13.8 Å². The van der Waals surface area contributed by atoms with E-state index in [4.69, 9.17) is 17.3 Å². The van der Waals surface area contributed by atoms with Crippen molar-refractivity contribution >= 4 is 24.0 Å². The first-order chi connectivity index (χ1) is 8.32. The highest BCUT2D eigenvalue weighted by molar-refractivity contribution is 6.30. The third-order valence-electron chi connectivity index (χ3n) is 3.11. The molecule has 110 valence electrons. The Balaban J connectivity index is 0.00000324. The lowest BCUT2D eigenvalue weighted by atomic mass is 9.94. The van der Waals surface area contributed by atoms with Gasteiger partial charge in [0.2, 0.25) is 0 Å². The first-order valence-corrected chi connectivity index (χ1v) is 6.63. The van der Waals surface area contributed by atoms with Crippen LogP contribution in [-0.2, 0) is 0 Å². The summed E-state index contributed by atoms with van der Waals surface area (Å²) in [5, 5.41) is 20.5. The van der Waals surface area contributed by atoms with E-state index in [0.29, 0.717) is 28.5 Å². The summed E-state index contributed by atoms with van der Waals surface area (Å²) in [7, 11) is 0. The van der Waals surface area contributed by atoms with Crippen LogP contribution in [0, 0.1) is 12.8 Å². The Bertz CT molecular complexity index is 411. The molecule has 2 atom stereocenters. The second-order valence-electron chi connectivity index (χ2n) is 5.22. The van der Waals surface area contributed by atoms with Crippen LogP contribution < -0.4 is 5.73 Å². The van der Waals surface area contributed by atoms with Crippen LogP contribution in [0.5, 0.6) is 5.75 Å². The van der Waals surface area contributed by atoms with E-state index in [1.165, 1.54) is 0 Å². The molecule has 0 aliphatic rings. The number of benzene rings is 1. The van der Waals surface area contributed by atoms with E-state index in [-0.39, 0.29) is 18.2 Å². The van der Waals surface area contributed by atoms with Crippen LogP contribution in [0.25, 0.3) is 0 Å². The summed E-state index contributed by atoms with van der Waals surface area (Å²) in [6, 6.07) is 2.68. The molecule has 0 heterocycles.